The number of hydrogen-bond acceptors (Lipinski definition) is 3. The molecule has 0 amide bonds. The zero-order valence-electron chi connectivity index (χ0n) is 9.15. The third-order valence-electron chi connectivity index (χ3n) is 2.32. The zero-order chi connectivity index (χ0) is 12.3. The summed E-state index contributed by atoms with van der Waals surface area (Å²) in [5.41, 5.74) is 1.30. The quantitative estimate of drug-likeness (QED) is 0.817. The van der Waals surface area contributed by atoms with Gasteiger partial charge in [-0.15, -0.1) is 0 Å². The third kappa shape index (κ3) is 2.79. The summed E-state index contributed by atoms with van der Waals surface area (Å²) in [5, 5.41) is 0. The van der Waals surface area contributed by atoms with Crippen molar-refractivity contribution in [2.24, 2.45) is 0 Å². The van der Waals surface area contributed by atoms with Gasteiger partial charge in [0.25, 0.3) is 0 Å². The maximum absolute atomic E-state index is 13.7. The monoisotopic (exact) mass is 296 g/mol. The van der Waals surface area contributed by atoms with Crippen molar-refractivity contribution in [3.8, 4) is 5.75 Å². The van der Waals surface area contributed by atoms with Gasteiger partial charge in [-0.3, -0.25) is 0 Å². The van der Waals surface area contributed by atoms with E-state index in [-0.39, 0.29) is 4.60 Å². The predicted octanol–water partition coefficient (Wildman–Crippen LogP) is 2.98. The number of ether oxygens (including phenoxy) is 1. The van der Waals surface area contributed by atoms with Crippen molar-refractivity contribution >= 4 is 15.9 Å². The van der Waals surface area contributed by atoms with Crippen molar-refractivity contribution in [2.75, 3.05) is 7.11 Å². The highest BCUT2D eigenvalue weighted by Gasteiger charge is 2.09. The van der Waals surface area contributed by atoms with Gasteiger partial charge in [0.1, 0.15) is 16.7 Å². The molecule has 0 atom stereocenters. The van der Waals surface area contributed by atoms with Crippen LogP contribution in [-0.4, -0.2) is 17.1 Å². The van der Waals surface area contributed by atoms with Crippen molar-refractivity contribution in [1.29, 1.82) is 0 Å². The summed E-state index contributed by atoms with van der Waals surface area (Å²) in [6.07, 6.45) is 1.74. The summed E-state index contributed by atoms with van der Waals surface area (Å²) >= 11 is 3.04. The standard InChI is InChI=1S/C12H10BrFN2O/c1-17-9-4-2-3-8(5-9)6-10-11(14)12(13)16-7-15-10/h2-5,7H,6H2,1H3. The molecule has 5 heteroatoms. The molecular formula is C12H10BrFN2O. The van der Waals surface area contributed by atoms with E-state index >= 15 is 0 Å². The fourth-order valence-electron chi connectivity index (χ4n) is 1.48. The Morgan fingerprint density at radius 3 is 2.94 bits per heavy atom. The molecule has 17 heavy (non-hydrogen) atoms. The number of hydrogen-bond donors (Lipinski definition) is 0. The van der Waals surface area contributed by atoms with Crippen LogP contribution in [0.5, 0.6) is 5.75 Å². The Bertz CT molecular complexity index is 534. The minimum atomic E-state index is -0.421. The molecule has 0 aliphatic carbocycles. The van der Waals surface area contributed by atoms with E-state index in [1.54, 1.807) is 7.11 Å². The first kappa shape index (κ1) is 12.0. The van der Waals surface area contributed by atoms with Crippen molar-refractivity contribution in [3.63, 3.8) is 0 Å². The second-order valence-electron chi connectivity index (χ2n) is 3.45. The second-order valence-corrected chi connectivity index (χ2v) is 4.20. The van der Waals surface area contributed by atoms with Gasteiger partial charge in [-0.1, -0.05) is 12.1 Å². The van der Waals surface area contributed by atoms with Crippen LogP contribution in [0.2, 0.25) is 0 Å². The summed E-state index contributed by atoms with van der Waals surface area (Å²) in [4.78, 5) is 7.65. The molecule has 2 rings (SSSR count). The minimum absolute atomic E-state index is 0.186. The zero-order valence-corrected chi connectivity index (χ0v) is 10.7. The van der Waals surface area contributed by atoms with E-state index < -0.39 is 5.82 Å². The van der Waals surface area contributed by atoms with Gasteiger partial charge < -0.3 is 4.74 Å². The van der Waals surface area contributed by atoms with Crippen molar-refractivity contribution < 1.29 is 9.13 Å². The van der Waals surface area contributed by atoms with Gasteiger partial charge >= 0.3 is 0 Å². The molecule has 0 saturated heterocycles. The van der Waals surface area contributed by atoms with Gasteiger partial charge in [-0.05, 0) is 33.6 Å². The van der Waals surface area contributed by atoms with Gasteiger partial charge in [0, 0.05) is 6.42 Å². The molecule has 2 aromatic rings. The lowest BCUT2D eigenvalue weighted by Crippen LogP contribution is -1.99. The number of halogens is 2. The SMILES string of the molecule is COc1cccc(Cc2ncnc(Br)c2F)c1. The van der Waals surface area contributed by atoms with Crippen LogP contribution in [0.15, 0.2) is 35.2 Å². The Morgan fingerprint density at radius 1 is 1.35 bits per heavy atom. The Hall–Kier alpha value is -1.49. The topological polar surface area (TPSA) is 35.0 Å². The van der Waals surface area contributed by atoms with E-state index in [9.17, 15) is 4.39 Å². The van der Waals surface area contributed by atoms with E-state index in [4.69, 9.17) is 4.74 Å². The molecule has 0 fully saturated rings. The lowest BCUT2D eigenvalue weighted by molar-refractivity contribution is 0.414. The Balaban J connectivity index is 2.28. The maximum Gasteiger partial charge on any atom is 0.177 e. The summed E-state index contributed by atoms with van der Waals surface area (Å²) in [7, 11) is 1.60. The first-order valence-corrected chi connectivity index (χ1v) is 5.78. The Morgan fingerprint density at radius 2 is 2.18 bits per heavy atom. The largest absolute Gasteiger partial charge is 0.497 e. The molecule has 1 aromatic heterocycles. The lowest BCUT2D eigenvalue weighted by atomic mass is 10.1. The van der Waals surface area contributed by atoms with E-state index in [1.807, 2.05) is 24.3 Å². The number of methoxy groups -OCH3 is 1. The molecular weight excluding hydrogens is 287 g/mol. The average molecular weight is 297 g/mol. The highest BCUT2D eigenvalue weighted by Crippen LogP contribution is 2.19. The summed E-state index contributed by atoms with van der Waals surface area (Å²) in [6.45, 7) is 0. The molecule has 0 spiro atoms. The molecule has 0 N–H and O–H groups in total. The van der Waals surface area contributed by atoms with E-state index in [1.165, 1.54) is 6.33 Å². The predicted molar refractivity (Wildman–Crippen MR) is 65.5 cm³/mol. The number of aromatic nitrogens is 2. The summed E-state index contributed by atoms with van der Waals surface area (Å²) in [5.74, 6) is 0.325. The molecule has 1 aromatic carbocycles. The van der Waals surface area contributed by atoms with Crippen LogP contribution in [0.25, 0.3) is 0 Å². The number of benzene rings is 1. The Labute approximate surface area is 107 Å². The molecule has 0 aliphatic heterocycles. The minimum Gasteiger partial charge on any atom is -0.497 e. The van der Waals surface area contributed by atoms with E-state index in [0.717, 1.165) is 11.3 Å². The van der Waals surface area contributed by atoms with Gasteiger partial charge in [-0.2, -0.15) is 0 Å². The Kier molecular flexibility index (Phi) is 3.68. The summed E-state index contributed by atoms with van der Waals surface area (Å²) < 4.78 is 19.0. The lowest BCUT2D eigenvalue weighted by Gasteiger charge is -2.05. The van der Waals surface area contributed by atoms with Gasteiger partial charge in [0.2, 0.25) is 0 Å². The number of rotatable bonds is 3. The van der Waals surface area contributed by atoms with Crippen LogP contribution in [0.1, 0.15) is 11.3 Å². The summed E-state index contributed by atoms with van der Waals surface area (Å²) in [6, 6.07) is 7.46. The average Bonchev–Trinajstić information content (AvgIpc) is 2.35. The second kappa shape index (κ2) is 5.23. The highest BCUT2D eigenvalue weighted by molar-refractivity contribution is 9.10. The molecule has 0 unspecified atom stereocenters. The number of nitrogens with zero attached hydrogens (tertiary/aromatic N) is 2. The van der Waals surface area contributed by atoms with Crippen LogP contribution in [0.4, 0.5) is 4.39 Å². The molecule has 0 saturated carbocycles. The molecule has 0 radical (unpaired) electrons. The third-order valence-corrected chi connectivity index (χ3v) is 2.88. The van der Waals surface area contributed by atoms with Crippen molar-refractivity contribution in [3.05, 3.63) is 52.3 Å². The van der Waals surface area contributed by atoms with Crippen molar-refractivity contribution in [1.82, 2.24) is 9.97 Å². The normalized spacial score (nSPS) is 10.3. The van der Waals surface area contributed by atoms with Gasteiger partial charge in [-0.25, -0.2) is 14.4 Å². The van der Waals surface area contributed by atoms with E-state index in [2.05, 4.69) is 25.9 Å². The van der Waals surface area contributed by atoms with Crippen LogP contribution in [0, 0.1) is 5.82 Å². The molecule has 1 heterocycles. The highest BCUT2D eigenvalue weighted by atomic mass is 79.9. The first-order valence-electron chi connectivity index (χ1n) is 4.98. The van der Waals surface area contributed by atoms with E-state index in [0.29, 0.717) is 12.1 Å². The first-order chi connectivity index (χ1) is 8.20. The molecule has 3 nitrogen and oxygen atoms in total. The van der Waals surface area contributed by atoms with Crippen molar-refractivity contribution in [2.45, 2.75) is 6.42 Å². The van der Waals surface area contributed by atoms with Crippen LogP contribution >= 0.6 is 15.9 Å². The van der Waals surface area contributed by atoms with Crippen LogP contribution in [0.3, 0.4) is 0 Å². The fourth-order valence-corrected chi connectivity index (χ4v) is 1.80. The van der Waals surface area contributed by atoms with Gasteiger partial charge in [0.15, 0.2) is 5.82 Å². The molecule has 88 valence electrons. The smallest absolute Gasteiger partial charge is 0.177 e. The van der Waals surface area contributed by atoms with Gasteiger partial charge in [0.05, 0.1) is 12.8 Å². The van der Waals surface area contributed by atoms with Crippen LogP contribution < -0.4 is 4.74 Å². The molecule has 0 bridgehead atoms. The fraction of sp³-hybridized carbons (Fsp3) is 0.167. The van der Waals surface area contributed by atoms with Crippen LogP contribution in [-0.2, 0) is 6.42 Å². The molecule has 0 aliphatic rings. The maximum atomic E-state index is 13.7.